The highest BCUT2D eigenvalue weighted by atomic mass is 16.5. The van der Waals surface area contributed by atoms with Crippen LogP contribution in [0.3, 0.4) is 0 Å². The number of rotatable bonds is 3. The SMILES string of the molecule is COc1ccccc1C(C)c1ncc[nH]1. The van der Waals surface area contributed by atoms with Crippen molar-refractivity contribution >= 4 is 0 Å². The molecule has 0 aliphatic rings. The van der Waals surface area contributed by atoms with Crippen LogP contribution < -0.4 is 4.74 Å². The molecule has 0 aliphatic carbocycles. The fraction of sp³-hybridized carbons (Fsp3) is 0.250. The van der Waals surface area contributed by atoms with Crippen molar-refractivity contribution in [3.8, 4) is 5.75 Å². The average molecular weight is 202 g/mol. The zero-order valence-electron chi connectivity index (χ0n) is 8.90. The van der Waals surface area contributed by atoms with Crippen molar-refractivity contribution in [1.29, 1.82) is 0 Å². The average Bonchev–Trinajstić information content (AvgIpc) is 2.81. The van der Waals surface area contributed by atoms with E-state index in [4.69, 9.17) is 4.74 Å². The molecule has 1 atom stereocenters. The number of H-pyrrole nitrogens is 1. The summed E-state index contributed by atoms with van der Waals surface area (Å²) < 4.78 is 5.32. The lowest BCUT2D eigenvalue weighted by molar-refractivity contribution is 0.408. The fourth-order valence-corrected chi connectivity index (χ4v) is 1.69. The minimum Gasteiger partial charge on any atom is -0.496 e. The molecule has 0 saturated carbocycles. The predicted octanol–water partition coefficient (Wildman–Crippen LogP) is 2.57. The van der Waals surface area contributed by atoms with Crippen LogP contribution >= 0.6 is 0 Å². The molecule has 2 aromatic rings. The number of nitrogens with zero attached hydrogens (tertiary/aromatic N) is 1. The first-order valence-corrected chi connectivity index (χ1v) is 4.95. The Balaban J connectivity index is 2.37. The molecule has 1 unspecified atom stereocenters. The molecule has 0 aliphatic heterocycles. The van der Waals surface area contributed by atoms with Crippen LogP contribution in [0.5, 0.6) is 5.75 Å². The van der Waals surface area contributed by atoms with Gasteiger partial charge in [0.15, 0.2) is 0 Å². The van der Waals surface area contributed by atoms with E-state index < -0.39 is 0 Å². The number of hydrogen-bond acceptors (Lipinski definition) is 2. The van der Waals surface area contributed by atoms with Gasteiger partial charge in [0.05, 0.1) is 7.11 Å². The van der Waals surface area contributed by atoms with Gasteiger partial charge >= 0.3 is 0 Å². The third-order valence-corrected chi connectivity index (χ3v) is 2.53. The van der Waals surface area contributed by atoms with Crippen LogP contribution in [-0.4, -0.2) is 17.1 Å². The van der Waals surface area contributed by atoms with E-state index in [1.165, 1.54) is 0 Å². The zero-order valence-corrected chi connectivity index (χ0v) is 8.90. The van der Waals surface area contributed by atoms with E-state index in [0.29, 0.717) is 0 Å². The molecule has 3 nitrogen and oxygen atoms in total. The number of methoxy groups -OCH3 is 1. The standard InChI is InChI=1S/C12H14N2O/c1-9(12-13-7-8-14-12)10-5-3-4-6-11(10)15-2/h3-9H,1-2H3,(H,13,14). The van der Waals surface area contributed by atoms with E-state index in [2.05, 4.69) is 23.0 Å². The third kappa shape index (κ3) is 1.86. The largest absolute Gasteiger partial charge is 0.496 e. The molecule has 0 saturated heterocycles. The summed E-state index contributed by atoms with van der Waals surface area (Å²) in [6.07, 6.45) is 3.60. The summed E-state index contributed by atoms with van der Waals surface area (Å²) in [5, 5.41) is 0. The van der Waals surface area contributed by atoms with Gasteiger partial charge in [-0.3, -0.25) is 0 Å². The second-order valence-electron chi connectivity index (χ2n) is 3.44. The second kappa shape index (κ2) is 4.17. The van der Waals surface area contributed by atoms with Crippen LogP contribution in [0, 0.1) is 0 Å². The summed E-state index contributed by atoms with van der Waals surface area (Å²) in [5.74, 6) is 2.08. The van der Waals surface area contributed by atoms with Gasteiger partial charge < -0.3 is 9.72 Å². The van der Waals surface area contributed by atoms with Crippen LogP contribution in [-0.2, 0) is 0 Å². The fourth-order valence-electron chi connectivity index (χ4n) is 1.69. The summed E-state index contributed by atoms with van der Waals surface area (Å²) in [6.45, 7) is 2.11. The summed E-state index contributed by atoms with van der Waals surface area (Å²) in [6, 6.07) is 8.01. The van der Waals surface area contributed by atoms with Gasteiger partial charge in [-0.2, -0.15) is 0 Å². The molecular formula is C12H14N2O. The normalized spacial score (nSPS) is 12.4. The molecule has 1 N–H and O–H groups in total. The Kier molecular flexibility index (Phi) is 2.72. The Hall–Kier alpha value is -1.77. The minimum absolute atomic E-state index is 0.219. The third-order valence-electron chi connectivity index (χ3n) is 2.53. The number of aromatic amines is 1. The van der Waals surface area contributed by atoms with Crippen molar-refractivity contribution in [1.82, 2.24) is 9.97 Å². The second-order valence-corrected chi connectivity index (χ2v) is 3.44. The van der Waals surface area contributed by atoms with Gasteiger partial charge in [-0.15, -0.1) is 0 Å². The first-order chi connectivity index (χ1) is 7.33. The number of aromatic nitrogens is 2. The highest BCUT2D eigenvalue weighted by Gasteiger charge is 2.14. The van der Waals surface area contributed by atoms with Crippen molar-refractivity contribution in [2.24, 2.45) is 0 Å². The van der Waals surface area contributed by atoms with Gasteiger partial charge in [0, 0.05) is 23.9 Å². The topological polar surface area (TPSA) is 37.9 Å². The molecule has 2 rings (SSSR count). The molecule has 0 fully saturated rings. The van der Waals surface area contributed by atoms with Crippen molar-refractivity contribution in [3.05, 3.63) is 48.0 Å². The van der Waals surface area contributed by atoms with E-state index in [1.54, 1.807) is 13.3 Å². The number of ether oxygens (including phenoxy) is 1. The van der Waals surface area contributed by atoms with Gasteiger partial charge in [0.1, 0.15) is 11.6 Å². The minimum atomic E-state index is 0.219. The van der Waals surface area contributed by atoms with Gasteiger partial charge in [-0.05, 0) is 6.07 Å². The molecule has 0 spiro atoms. The molecule has 1 aromatic carbocycles. The first kappa shape index (κ1) is 9.77. The smallest absolute Gasteiger partial charge is 0.122 e. The lowest BCUT2D eigenvalue weighted by Gasteiger charge is -2.13. The van der Waals surface area contributed by atoms with Crippen LogP contribution in [0.25, 0.3) is 0 Å². The van der Waals surface area contributed by atoms with Crippen LogP contribution in [0.2, 0.25) is 0 Å². The summed E-state index contributed by atoms with van der Waals surface area (Å²) in [7, 11) is 1.69. The monoisotopic (exact) mass is 202 g/mol. The molecule has 1 aromatic heterocycles. The van der Waals surface area contributed by atoms with Crippen molar-refractivity contribution in [3.63, 3.8) is 0 Å². The lowest BCUT2D eigenvalue weighted by atomic mass is 9.99. The maximum absolute atomic E-state index is 5.32. The Morgan fingerprint density at radius 2 is 2.13 bits per heavy atom. The van der Waals surface area contributed by atoms with Crippen LogP contribution in [0.4, 0.5) is 0 Å². The molecule has 15 heavy (non-hydrogen) atoms. The molecule has 3 heteroatoms. The van der Waals surface area contributed by atoms with E-state index in [0.717, 1.165) is 17.1 Å². The zero-order chi connectivity index (χ0) is 10.7. The summed E-state index contributed by atoms with van der Waals surface area (Å²) in [5.41, 5.74) is 1.15. The molecule has 0 amide bonds. The number of imidazole rings is 1. The summed E-state index contributed by atoms with van der Waals surface area (Å²) in [4.78, 5) is 7.38. The maximum atomic E-state index is 5.32. The van der Waals surface area contributed by atoms with Gasteiger partial charge in [-0.1, -0.05) is 25.1 Å². The van der Waals surface area contributed by atoms with Crippen LogP contribution in [0.1, 0.15) is 24.2 Å². The van der Waals surface area contributed by atoms with E-state index in [1.807, 2.05) is 24.4 Å². The molecule has 0 bridgehead atoms. The number of nitrogens with one attached hydrogen (secondary N) is 1. The molecular weight excluding hydrogens is 188 g/mol. The Morgan fingerprint density at radius 1 is 1.33 bits per heavy atom. The Morgan fingerprint density at radius 3 is 2.80 bits per heavy atom. The van der Waals surface area contributed by atoms with Gasteiger partial charge in [-0.25, -0.2) is 4.98 Å². The number of para-hydroxylation sites is 1. The summed E-state index contributed by atoms with van der Waals surface area (Å²) >= 11 is 0. The van der Waals surface area contributed by atoms with E-state index in [9.17, 15) is 0 Å². The highest BCUT2D eigenvalue weighted by molar-refractivity contribution is 5.38. The quantitative estimate of drug-likeness (QED) is 0.830. The molecule has 78 valence electrons. The first-order valence-electron chi connectivity index (χ1n) is 4.95. The Labute approximate surface area is 89.1 Å². The van der Waals surface area contributed by atoms with Gasteiger partial charge in [0.2, 0.25) is 0 Å². The molecule has 1 heterocycles. The number of benzene rings is 1. The van der Waals surface area contributed by atoms with Crippen molar-refractivity contribution in [2.75, 3.05) is 7.11 Å². The number of hydrogen-bond donors (Lipinski definition) is 1. The van der Waals surface area contributed by atoms with Crippen LogP contribution in [0.15, 0.2) is 36.7 Å². The van der Waals surface area contributed by atoms with E-state index >= 15 is 0 Å². The van der Waals surface area contributed by atoms with E-state index in [-0.39, 0.29) is 5.92 Å². The Bertz CT molecular complexity index is 423. The maximum Gasteiger partial charge on any atom is 0.122 e. The highest BCUT2D eigenvalue weighted by Crippen LogP contribution is 2.29. The molecule has 0 radical (unpaired) electrons. The van der Waals surface area contributed by atoms with Gasteiger partial charge in [0.25, 0.3) is 0 Å². The predicted molar refractivity (Wildman–Crippen MR) is 59.1 cm³/mol. The van der Waals surface area contributed by atoms with Crippen molar-refractivity contribution < 1.29 is 4.74 Å². The van der Waals surface area contributed by atoms with Crippen molar-refractivity contribution in [2.45, 2.75) is 12.8 Å². The lowest BCUT2D eigenvalue weighted by Crippen LogP contribution is -2.01.